The molecule has 9 aromatic rings. The van der Waals surface area contributed by atoms with Crippen LogP contribution in [-0.4, -0.2) is 11.7 Å². The molecule has 0 unspecified atom stereocenters. The fourth-order valence-corrected chi connectivity index (χ4v) is 8.01. The molecule has 9 rings (SSSR count). The van der Waals surface area contributed by atoms with Gasteiger partial charge in [-0.1, -0.05) is 97.1 Å². The summed E-state index contributed by atoms with van der Waals surface area (Å²) in [5.74, 6) is 0.887. The Bertz CT molecular complexity index is 2520. The van der Waals surface area contributed by atoms with Gasteiger partial charge in [-0.25, -0.2) is 0 Å². The molecule has 3 heteroatoms. The van der Waals surface area contributed by atoms with Crippen LogP contribution in [0.4, 0.5) is 0 Å². The minimum Gasteiger partial charge on any atom is -0.496 e. The summed E-state index contributed by atoms with van der Waals surface area (Å²) in [6.07, 6.45) is 0. The minimum absolute atomic E-state index is 0.887. The Kier molecular flexibility index (Phi) is 5.62. The second-order valence-corrected chi connectivity index (χ2v) is 12.4. The Balaban J connectivity index is 1.25. The van der Waals surface area contributed by atoms with Gasteiger partial charge in [-0.2, -0.15) is 0 Å². The number of nitrogens with zero attached hydrogens (tertiary/aromatic N) is 1. The van der Waals surface area contributed by atoms with Crippen LogP contribution in [0.2, 0.25) is 0 Å². The molecule has 0 aliphatic rings. The van der Waals surface area contributed by atoms with Crippen LogP contribution in [0.5, 0.6) is 5.75 Å². The molecule has 0 saturated heterocycles. The Labute approximate surface area is 259 Å². The topological polar surface area (TPSA) is 14.2 Å². The van der Waals surface area contributed by atoms with Gasteiger partial charge in [0.2, 0.25) is 0 Å². The van der Waals surface area contributed by atoms with Gasteiger partial charge < -0.3 is 9.30 Å². The number of thiophene rings is 1. The maximum atomic E-state index is 6.00. The lowest BCUT2D eigenvalue weighted by molar-refractivity contribution is 0.417. The van der Waals surface area contributed by atoms with E-state index in [0.717, 1.165) is 22.6 Å². The normalized spacial score (nSPS) is 11.8. The van der Waals surface area contributed by atoms with E-state index in [9.17, 15) is 0 Å². The number of methoxy groups -OCH3 is 1. The lowest BCUT2D eigenvalue weighted by atomic mass is 9.96. The van der Waals surface area contributed by atoms with Crippen molar-refractivity contribution < 1.29 is 4.74 Å². The first-order valence-electron chi connectivity index (χ1n) is 14.9. The number of aromatic nitrogens is 1. The highest BCUT2D eigenvalue weighted by molar-refractivity contribution is 7.26. The van der Waals surface area contributed by atoms with Crippen LogP contribution in [-0.2, 0) is 0 Å². The van der Waals surface area contributed by atoms with Gasteiger partial charge in [-0.05, 0) is 76.0 Å². The van der Waals surface area contributed by atoms with Crippen molar-refractivity contribution in [3.05, 3.63) is 146 Å². The molecule has 0 atom stereocenters. The van der Waals surface area contributed by atoms with Crippen LogP contribution in [0, 0.1) is 0 Å². The highest BCUT2D eigenvalue weighted by Gasteiger charge is 2.18. The van der Waals surface area contributed by atoms with Gasteiger partial charge in [0, 0.05) is 42.2 Å². The summed E-state index contributed by atoms with van der Waals surface area (Å²) < 4.78 is 10.9. The van der Waals surface area contributed by atoms with E-state index < -0.39 is 0 Å². The van der Waals surface area contributed by atoms with Gasteiger partial charge >= 0.3 is 0 Å². The molecule has 0 radical (unpaired) electrons. The molecule has 44 heavy (non-hydrogen) atoms. The summed E-state index contributed by atoms with van der Waals surface area (Å²) in [5, 5.41) is 7.63. The fraction of sp³-hybridized carbons (Fsp3) is 0.0244. The maximum absolute atomic E-state index is 6.00. The van der Waals surface area contributed by atoms with Crippen molar-refractivity contribution in [1.82, 2.24) is 4.57 Å². The molecule has 0 aliphatic carbocycles. The van der Waals surface area contributed by atoms with Crippen LogP contribution in [0.25, 0.3) is 80.7 Å². The van der Waals surface area contributed by atoms with Crippen LogP contribution >= 0.6 is 11.3 Å². The quantitative estimate of drug-likeness (QED) is 0.202. The van der Waals surface area contributed by atoms with Gasteiger partial charge in [0.1, 0.15) is 5.75 Å². The van der Waals surface area contributed by atoms with E-state index >= 15 is 0 Å². The van der Waals surface area contributed by atoms with Crippen molar-refractivity contribution in [2.75, 3.05) is 7.11 Å². The van der Waals surface area contributed by atoms with E-state index in [4.69, 9.17) is 4.74 Å². The van der Waals surface area contributed by atoms with Gasteiger partial charge in [-0.3, -0.25) is 0 Å². The molecule has 2 aromatic heterocycles. The summed E-state index contributed by atoms with van der Waals surface area (Å²) in [4.78, 5) is 0. The van der Waals surface area contributed by atoms with E-state index in [-0.39, 0.29) is 0 Å². The number of para-hydroxylation sites is 1. The first-order chi connectivity index (χ1) is 21.8. The number of hydrogen-bond acceptors (Lipinski definition) is 2. The zero-order valence-corrected chi connectivity index (χ0v) is 24.9. The zero-order valence-electron chi connectivity index (χ0n) is 24.1. The molecule has 0 spiro atoms. The van der Waals surface area contributed by atoms with Crippen molar-refractivity contribution in [3.8, 4) is 33.7 Å². The minimum atomic E-state index is 0.887. The number of hydrogen-bond donors (Lipinski definition) is 0. The predicted octanol–water partition coefficient (Wildman–Crippen LogP) is 11.6. The zero-order chi connectivity index (χ0) is 29.2. The third kappa shape index (κ3) is 3.73. The monoisotopic (exact) mass is 581 g/mol. The largest absolute Gasteiger partial charge is 0.496 e. The SMILES string of the molecule is COc1ccc2sc3ccc(-c4ccccc4)cc3c2c1-c1ccc(-n2c3ccccc3c3c4ccccc4ccc32)cc1. The molecule has 0 N–H and O–H groups in total. The Morgan fingerprint density at radius 3 is 2.07 bits per heavy atom. The first kappa shape index (κ1) is 25.1. The van der Waals surface area contributed by atoms with E-state index in [0.29, 0.717) is 0 Å². The van der Waals surface area contributed by atoms with E-state index in [1.54, 1.807) is 7.11 Å². The van der Waals surface area contributed by atoms with Crippen molar-refractivity contribution in [1.29, 1.82) is 0 Å². The number of ether oxygens (including phenoxy) is 1. The molecule has 0 saturated carbocycles. The summed E-state index contributed by atoms with van der Waals surface area (Å²) in [6.45, 7) is 0. The second-order valence-electron chi connectivity index (χ2n) is 11.3. The Morgan fingerprint density at radius 1 is 0.500 bits per heavy atom. The first-order valence-corrected chi connectivity index (χ1v) is 15.7. The average Bonchev–Trinajstić information content (AvgIpc) is 3.64. The van der Waals surface area contributed by atoms with Gasteiger partial charge in [0.05, 0.1) is 18.1 Å². The molecular formula is C41H27NOS. The molecular weight excluding hydrogens is 555 g/mol. The van der Waals surface area contributed by atoms with Crippen molar-refractivity contribution >= 4 is 64.1 Å². The van der Waals surface area contributed by atoms with Crippen LogP contribution in [0.15, 0.2) is 146 Å². The molecule has 0 amide bonds. The van der Waals surface area contributed by atoms with E-state index in [1.165, 1.54) is 63.9 Å². The maximum Gasteiger partial charge on any atom is 0.127 e. The smallest absolute Gasteiger partial charge is 0.127 e. The third-order valence-electron chi connectivity index (χ3n) is 8.90. The van der Waals surface area contributed by atoms with Crippen LogP contribution < -0.4 is 4.74 Å². The fourth-order valence-electron chi connectivity index (χ4n) is 6.91. The predicted molar refractivity (Wildman–Crippen MR) is 189 cm³/mol. The molecule has 2 nitrogen and oxygen atoms in total. The van der Waals surface area contributed by atoms with Crippen molar-refractivity contribution in [2.24, 2.45) is 0 Å². The van der Waals surface area contributed by atoms with Gasteiger partial charge in [0.15, 0.2) is 0 Å². The molecule has 208 valence electrons. The summed E-state index contributed by atoms with van der Waals surface area (Å²) in [7, 11) is 1.77. The second kappa shape index (κ2) is 9.84. The Morgan fingerprint density at radius 2 is 1.23 bits per heavy atom. The van der Waals surface area contributed by atoms with Gasteiger partial charge in [-0.15, -0.1) is 11.3 Å². The van der Waals surface area contributed by atoms with E-state index in [2.05, 4.69) is 150 Å². The summed E-state index contributed by atoms with van der Waals surface area (Å²) in [5.41, 5.74) is 8.30. The summed E-state index contributed by atoms with van der Waals surface area (Å²) in [6, 6.07) is 52.6. The summed E-state index contributed by atoms with van der Waals surface area (Å²) >= 11 is 1.84. The van der Waals surface area contributed by atoms with Crippen LogP contribution in [0.1, 0.15) is 0 Å². The standard InChI is InChI=1S/C41H27NOS/c1-43-36-22-24-38-41(33-25-29(18-23-37(33)44-38)26-9-3-2-4-10-26)39(36)28-15-19-30(20-16-28)42-34-14-8-7-13-32(34)40-31-12-6-5-11-27(31)17-21-35(40)42/h2-25H,1H3. The number of fused-ring (bicyclic) bond motifs is 8. The highest BCUT2D eigenvalue weighted by atomic mass is 32.1. The molecule has 7 aromatic carbocycles. The van der Waals surface area contributed by atoms with Crippen molar-refractivity contribution in [3.63, 3.8) is 0 Å². The van der Waals surface area contributed by atoms with Gasteiger partial charge in [0.25, 0.3) is 0 Å². The molecule has 2 heterocycles. The Hall–Kier alpha value is -5.38. The van der Waals surface area contributed by atoms with Crippen molar-refractivity contribution in [2.45, 2.75) is 0 Å². The third-order valence-corrected chi connectivity index (χ3v) is 10.0. The lowest BCUT2D eigenvalue weighted by Crippen LogP contribution is -1.94. The average molecular weight is 582 g/mol. The number of benzene rings is 7. The molecule has 0 aliphatic heterocycles. The van der Waals surface area contributed by atoms with E-state index in [1.807, 2.05) is 11.3 Å². The molecule has 0 bridgehead atoms. The lowest BCUT2D eigenvalue weighted by Gasteiger charge is -2.13. The van der Waals surface area contributed by atoms with Crippen LogP contribution in [0.3, 0.4) is 0 Å². The molecule has 0 fully saturated rings. The number of rotatable bonds is 4. The highest BCUT2D eigenvalue weighted by Crippen LogP contribution is 2.46.